The molecule has 170 valence electrons. The zero-order valence-corrected chi connectivity index (χ0v) is 19.9. The molecule has 0 aliphatic rings. The maximum Gasteiger partial charge on any atom is 0.309 e. The van der Waals surface area contributed by atoms with Crippen molar-refractivity contribution in [3.05, 3.63) is 0 Å². The molecule has 1 atom stereocenters. The molecule has 0 aliphatic carbocycles. The average molecular weight is 400 g/mol. The maximum absolute atomic E-state index is 11.4. The minimum absolute atomic E-state index is 0. The highest BCUT2D eigenvalue weighted by atomic mass is 16.4. The third-order valence-corrected chi connectivity index (χ3v) is 6.47. The molecule has 0 aliphatic heterocycles. The normalized spacial score (nSPS) is 12.6. The first-order valence-corrected chi connectivity index (χ1v) is 12.2. The van der Waals surface area contributed by atoms with Crippen LogP contribution in [0, 0.1) is 11.3 Å². The van der Waals surface area contributed by atoms with Crippen LogP contribution in [0.2, 0.25) is 0 Å². The van der Waals surface area contributed by atoms with Crippen molar-refractivity contribution in [2.45, 2.75) is 143 Å². The van der Waals surface area contributed by atoms with Gasteiger partial charge in [-0.3, -0.25) is 4.79 Å². The third kappa shape index (κ3) is 15.4. The molecule has 3 nitrogen and oxygen atoms in total. The van der Waals surface area contributed by atoms with E-state index in [1.807, 2.05) is 13.8 Å². The molecule has 28 heavy (non-hydrogen) atoms. The predicted molar refractivity (Wildman–Crippen MR) is 124 cm³/mol. The number of carboxylic acid groups (broad SMARTS) is 1. The van der Waals surface area contributed by atoms with Gasteiger partial charge in [0.1, 0.15) is 0 Å². The summed E-state index contributed by atoms with van der Waals surface area (Å²) in [4.78, 5) is 11.4. The van der Waals surface area contributed by atoms with Gasteiger partial charge in [0.25, 0.3) is 0 Å². The fraction of sp³-hybridized carbons (Fsp3) is 0.960. The average Bonchev–Trinajstić information content (AvgIpc) is 2.64. The molecule has 0 aromatic rings. The zero-order valence-electron chi connectivity index (χ0n) is 19.9. The summed E-state index contributed by atoms with van der Waals surface area (Å²) in [6, 6.07) is 0. The highest BCUT2D eigenvalue weighted by Crippen LogP contribution is 2.33. The van der Waals surface area contributed by atoms with Crippen molar-refractivity contribution in [2.24, 2.45) is 11.3 Å². The van der Waals surface area contributed by atoms with Gasteiger partial charge in [0.15, 0.2) is 0 Å². The molecule has 0 aromatic carbocycles. The lowest BCUT2D eigenvalue weighted by Crippen LogP contribution is -2.32. The van der Waals surface area contributed by atoms with Gasteiger partial charge in [-0.1, -0.05) is 123 Å². The second-order valence-corrected chi connectivity index (χ2v) is 9.22. The minimum Gasteiger partial charge on any atom is -0.481 e. The fourth-order valence-corrected chi connectivity index (χ4v) is 4.19. The van der Waals surface area contributed by atoms with Crippen molar-refractivity contribution in [3.63, 3.8) is 0 Å². The standard InChI is InChI=1S/C25H50O2.H3N/c1-5-7-8-9-10-11-12-13-14-15-16-17-18-19-20-21-22-23(6-2)25(3,4)24(26)27;/h23H,5-22H2,1-4H3,(H,26,27);1H3. The molecular weight excluding hydrogens is 346 g/mol. The molecule has 0 bridgehead atoms. The van der Waals surface area contributed by atoms with E-state index in [9.17, 15) is 9.90 Å². The van der Waals surface area contributed by atoms with Crippen molar-refractivity contribution in [3.8, 4) is 0 Å². The van der Waals surface area contributed by atoms with E-state index in [1.54, 1.807) is 0 Å². The zero-order chi connectivity index (χ0) is 20.4. The van der Waals surface area contributed by atoms with E-state index in [0.717, 1.165) is 12.8 Å². The van der Waals surface area contributed by atoms with E-state index in [2.05, 4.69) is 13.8 Å². The molecule has 0 spiro atoms. The van der Waals surface area contributed by atoms with E-state index < -0.39 is 11.4 Å². The first-order chi connectivity index (χ1) is 13.0. The predicted octanol–water partition coefficient (Wildman–Crippen LogP) is 8.94. The summed E-state index contributed by atoms with van der Waals surface area (Å²) in [5, 5.41) is 9.38. The lowest BCUT2D eigenvalue weighted by atomic mass is 9.74. The van der Waals surface area contributed by atoms with Crippen LogP contribution in [-0.2, 0) is 4.79 Å². The number of hydrogen-bond donors (Lipinski definition) is 2. The number of aliphatic carboxylic acids is 1. The van der Waals surface area contributed by atoms with E-state index in [-0.39, 0.29) is 6.15 Å². The van der Waals surface area contributed by atoms with Crippen molar-refractivity contribution in [1.29, 1.82) is 0 Å². The molecule has 0 amide bonds. The fourth-order valence-electron chi connectivity index (χ4n) is 4.19. The van der Waals surface area contributed by atoms with Crippen LogP contribution in [0.15, 0.2) is 0 Å². The number of carbonyl (C=O) groups is 1. The van der Waals surface area contributed by atoms with Crippen molar-refractivity contribution >= 4 is 5.97 Å². The summed E-state index contributed by atoms with van der Waals surface area (Å²) in [5.41, 5.74) is -0.579. The Balaban J connectivity index is 0. The Hall–Kier alpha value is -0.570. The smallest absolute Gasteiger partial charge is 0.309 e. The Morgan fingerprint density at radius 1 is 0.679 bits per heavy atom. The molecule has 1 unspecified atom stereocenters. The topological polar surface area (TPSA) is 72.3 Å². The van der Waals surface area contributed by atoms with Crippen LogP contribution >= 0.6 is 0 Å². The highest BCUT2D eigenvalue weighted by Gasteiger charge is 2.34. The van der Waals surface area contributed by atoms with Crippen LogP contribution in [0.25, 0.3) is 0 Å². The Kier molecular flexibility index (Phi) is 20.9. The molecule has 3 heteroatoms. The van der Waals surface area contributed by atoms with Gasteiger partial charge in [-0.05, 0) is 26.2 Å². The van der Waals surface area contributed by atoms with Crippen LogP contribution in [0.5, 0.6) is 0 Å². The summed E-state index contributed by atoms with van der Waals surface area (Å²) in [5.74, 6) is -0.340. The summed E-state index contributed by atoms with van der Waals surface area (Å²) >= 11 is 0. The second kappa shape index (κ2) is 19.7. The van der Waals surface area contributed by atoms with E-state index in [0.29, 0.717) is 5.92 Å². The molecule has 0 saturated heterocycles. The lowest BCUT2D eigenvalue weighted by molar-refractivity contribution is -0.150. The van der Waals surface area contributed by atoms with Crippen LogP contribution in [-0.4, -0.2) is 11.1 Å². The molecule has 0 heterocycles. The Morgan fingerprint density at radius 3 is 1.29 bits per heavy atom. The van der Waals surface area contributed by atoms with Gasteiger partial charge in [-0.15, -0.1) is 0 Å². The van der Waals surface area contributed by atoms with Crippen LogP contribution < -0.4 is 6.15 Å². The van der Waals surface area contributed by atoms with Gasteiger partial charge in [0.05, 0.1) is 5.41 Å². The number of carboxylic acids is 1. The van der Waals surface area contributed by atoms with Gasteiger partial charge in [-0.2, -0.15) is 0 Å². The second-order valence-electron chi connectivity index (χ2n) is 9.22. The van der Waals surface area contributed by atoms with Crippen molar-refractivity contribution < 1.29 is 9.90 Å². The number of unbranched alkanes of at least 4 members (excludes halogenated alkanes) is 15. The van der Waals surface area contributed by atoms with E-state index >= 15 is 0 Å². The van der Waals surface area contributed by atoms with Crippen molar-refractivity contribution in [2.75, 3.05) is 0 Å². The molecule has 0 radical (unpaired) electrons. The number of hydrogen-bond acceptors (Lipinski definition) is 2. The van der Waals surface area contributed by atoms with Gasteiger partial charge >= 0.3 is 5.97 Å². The highest BCUT2D eigenvalue weighted by molar-refractivity contribution is 5.73. The first-order valence-electron chi connectivity index (χ1n) is 12.2. The summed E-state index contributed by atoms with van der Waals surface area (Å²) in [6.45, 7) is 8.18. The summed E-state index contributed by atoms with van der Waals surface area (Å²) in [6.07, 6.45) is 24.2. The maximum atomic E-state index is 11.4. The molecular formula is C25H53NO2. The lowest BCUT2D eigenvalue weighted by Gasteiger charge is -2.29. The third-order valence-electron chi connectivity index (χ3n) is 6.47. The Labute approximate surface area is 177 Å². The van der Waals surface area contributed by atoms with Gasteiger partial charge < -0.3 is 11.3 Å². The number of rotatable bonds is 20. The monoisotopic (exact) mass is 399 g/mol. The summed E-state index contributed by atoms with van der Waals surface area (Å²) in [7, 11) is 0. The SMILES string of the molecule is CCCCCCCCCCCCCCCCCCC(CC)C(C)(C)C(=O)O.N. The minimum atomic E-state index is -0.647. The van der Waals surface area contributed by atoms with Crippen LogP contribution in [0.3, 0.4) is 0 Å². The molecule has 0 rings (SSSR count). The summed E-state index contributed by atoms with van der Waals surface area (Å²) < 4.78 is 0. The first kappa shape index (κ1) is 29.6. The molecule has 0 fully saturated rings. The van der Waals surface area contributed by atoms with Gasteiger partial charge in [0, 0.05) is 0 Å². The largest absolute Gasteiger partial charge is 0.481 e. The quantitative estimate of drug-likeness (QED) is 0.201. The van der Waals surface area contributed by atoms with Crippen LogP contribution in [0.4, 0.5) is 0 Å². The van der Waals surface area contributed by atoms with Gasteiger partial charge in [0.2, 0.25) is 0 Å². The molecule has 0 saturated carbocycles. The molecule has 0 aromatic heterocycles. The van der Waals surface area contributed by atoms with Crippen molar-refractivity contribution in [1.82, 2.24) is 6.15 Å². The Bertz CT molecular complexity index is 341. The van der Waals surface area contributed by atoms with E-state index in [4.69, 9.17) is 0 Å². The Morgan fingerprint density at radius 2 is 1.00 bits per heavy atom. The van der Waals surface area contributed by atoms with E-state index in [1.165, 1.54) is 103 Å². The van der Waals surface area contributed by atoms with Gasteiger partial charge in [-0.25, -0.2) is 0 Å². The molecule has 4 N–H and O–H groups in total. The van der Waals surface area contributed by atoms with Crippen LogP contribution in [0.1, 0.15) is 143 Å².